The number of carbonyl (C=O) groups is 1. The number of nitrogens with one attached hydrogen (secondary N) is 1. The van der Waals surface area contributed by atoms with E-state index in [1.165, 1.54) is 25.7 Å². The molecule has 2 aliphatic carbocycles. The smallest absolute Gasteiger partial charge is 0.224 e. The highest BCUT2D eigenvalue weighted by Gasteiger charge is 2.40. The first kappa shape index (κ1) is 13.3. The standard InChI is InChI=1S/C16H22N2O2/c1-20-13-4-5-15(14(17)9-13)18-16(19)8-12-7-10-2-3-11(12)6-10/h4-5,9-12H,2-3,6-8,17H2,1H3,(H,18,19). The topological polar surface area (TPSA) is 64.3 Å². The molecule has 2 aliphatic rings. The average Bonchev–Trinajstić information content (AvgIpc) is 3.03. The summed E-state index contributed by atoms with van der Waals surface area (Å²) in [7, 11) is 1.60. The summed E-state index contributed by atoms with van der Waals surface area (Å²) in [5, 5.41) is 2.93. The summed E-state index contributed by atoms with van der Waals surface area (Å²) in [5.41, 5.74) is 7.15. The third-order valence-electron chi connectivity index (χ3n) is 4.86. The van der Waals surface area contributed by atoms with Crippen molar-refractivity contribution in [3.63, 3.8) is 0 Å². The van der Waals surface area contributed by atoms with E-state index in [0.29, 0.717) is 29.5 Å². The van der Waals surface area contributed by atoms with Crippen LogP contribution in [0, 0.1) is 17.8 Å². The molecular formula is C16H22N2O2. The lowest BCUT2D eigenvalue weighted by molar-refractivity contribution is -0.117. The van der Waals surface area contributed by atoms with Crippen molar-refractivity contribution in [2.45, 2.75) is 32.1 Å². The van der Waals surface area contributed by atoms with Crippen LogP contribution in [-0.4, -0.2) is 13.0 Å². The van der Waals surface area contributed by atoms with Gasteiger partial charge in [0.05, 0.1) is 18.5 Å². The summed E-state index contributed by atoms with van der Waals surface area (Å²) < 4.78 is 5.10. The highest BCUT2D eigenvalue weighted by Crippen LogP contribution is 2.49. The maximum atomic E-state index is 12.2. The number of anilines is 2. The van der Waals surface area contributed by atoms with Crippen molar-refractivity contribution < 1.29 is 9.53 Å². The zero-order chi connectivity index (χ0) is 14.1. The van der Waals surface area contributed by atoms with Crippen molar-refractivity contribution >= 4 is 17.3 Å². The Morgan fingerprint density at radius 3 is 2.85 bits per heavy atom. The van der Waals surface area contributed by atoms with Gasteiger partial charge in [-0.05, 0) is 49.1 Å². The van der Waals surface area contributed by atoms with Crippen LogP contribution in [0.3, 0.4) is 0 Å². The molecule has 3 N–H and O–H groups in total. The zero-order valence-electron chi connectivity index (χ0n) is 11.9. The van der Waals surface area contributed by atoms with Gasteiger partial charge in [-0.2, -0.15) is 0 Å². The normalized spacial score (nSPS) is 27.6. The van der Waals surface area contributed by atoms with Crippen LogP contribution in [0.2, 0.25) is 0 Å². The van der Waals surface area contributed by atoms with E-state index in [-0.39, 0.29) is 5.91 Å². The number of ether oxygens (including phenoxy) is 1. The Morgan fingerprint density at radius 1 is 1.40 bits per heavy atom. The number of amides is 1. The van der Waals surface area contributed by atoms with Gasteiger partial charge in [0.25, 0.3) is 0 Å². The number of benzene rings is 1. The Hall–Kier alpha value is -1.71. The van der Waals surface area contributed by atoms with Gasteiger partial charge in [0, 0.05) is 12.5 Å². The Kier molecular flexibility index (Phi) is 3.55. The molecule has 4 heteroatoms. The molecule has 0 aromatic heterocycles. The maximum Gasteiger partial charge on any atom is 0.224 e. The highest BCUT2D eigenvalue weighted by atomic mass is 16.5. The van der Waals surface area contributed by atoms with Gasteiger partial charge in [-0.15, -0.1) is 0 Å². The Labute approximate surface area is 119 Å². The summed E-state index contributed by atoms with van der Waals surface area (Å²) in [5.74, 6) is 3.02. The van der Waals surface area contributed by atoms with Gasteiger partial charge in [0.2, 0.25) is 5.91 Å². The fourth-order valence-electron chi connectivity index (χ4n) is 3.85. The third-order valence-corrected chi connectivity index (χ3v) is 4.86. The summed E-state index contributed by atoms with van der Waals surface area (Å²) in [6, 6.07) is 5.34. The molecule has 3 rings (SSSR count). The number of nitrogen functional groups attached to an aromatic ring is 1. The van der Waals surface area contributed by atoms with E-state index in [4.69, 9.17) is 10.5 Å². The molecule has 0 saturated heterocycles. The second-order valence-corrected chi connectivity index (χ2v) is 6.14. The van der Waals surface area contributed by atoms with Crippen LogP contribution in [0.15, 0.2) is 18.2 Å². The number of nitrogens with two attached hydrogens (primary N) is 1. The minimum atomic E-state index is 0.0828. The average molecular weight is 274 g/mol. The van der Waals surface area contributed by atoms with Crippen LogP contribution in [0.1, 0.15) is 32.1 Å². The lowest BCUT2D eigenvalue weighted by atomic mass is 9.86. The molecule has 2 saturated carbocycles. The van der Waals surface area contributed by atoms with Crippen LogP contribution in [0.4, 0.5) is 11.4 Å². The monoisotopic (exact) mass is 274 g/mol. The molecule has 1 aromatic rings. The van der Waals surface area contributed by atoms with E-state index >= 15 is 0 Å². The fraction of sp³-hybridized carbons (Fsp3) is 0.562. The van der Waals surface area contributed by atoms with Gasteiger partial charge >= 0.3 is 0 Å². The van der Waals surface area contributed by atoms with Gasteiger partial charge in [-0.25, -0.2) is 0 Å². The van der Waals surface area contributed by atoms with Gasteiger partial charge in [0.1, 0.15) is 5.75 Å². The molecule has 3 atom stereocenters. The van der Waals surface area contributed by atoms with Crippen LogP contribution in [-0.2, 0) is 4.79 Å². The molecule has 2 fully saturated rings. The molecule has 0 radical (unpaired) electrons. The molecule has 0 heterocycles. The number of hydrogen-bond donors (Lipinski definition) is 2. The van der Waals surface area contributed by atoms with Gasteiger partial charge in [-0.3, -0.25) is 4.79 Å². The summed E-state index contributed by atoms with van der Waals surface area (Å²) in [4.78, 5) is 12.2. The molecule has 20 heavy (non-hydrogen) atoms. The molecule has 108 valence electrons. The lowest BCUT2D eigenvalue weighted by Gasteiger charge is -2.21. The SMILES string of the molecule is COc1ccc(NC(=O)CC2CC3CCC2C3)c(N)c1. The van der Waals surface area contributed by atoms with Crippen LogP contribution >= 0.6 is 0 Å². The molecule has 1 aromatic carbocycles. The van der Waals surface area contributed by atoms with Crippen molar-refractivity contribution in [2.75, 3.05) is 18.2 Å². The molecule has 4 nitrogen and oxygen atoms in total. The first-order chi connectivity index (χ1) is 9.65. The summed E-state index contributed by atoms with van der Waals surface area (Å²) >= 11 is 0. The van der Waals surface area contributed by atoms with Crippen LogP contribution in [0.5, 0.6) is 5.75 Å². The van der Waals surface area contributed by atoms with E-state index < -0.39 is 0 Å². The molecule has 1 amide bonds. The fourth-order valence-corrected chi connectivity index (χ4v) is 3.85. The van der Waals surface area contributed by atoms with Gasteiger partial charge in [0.15, 0.2) is 0 Å². The van der Waals surface area contributed by atoms with Crippen molar-refractivity contribution in [3.05, 3.63) is 18.2 Å². The first-order valence-electron chi connectivity index (χ1n) is 7.39. The predicted molar refractivity (Wildman–Crippen MR) is 79.6 cm³/mol. The van der Waals surface area contributed by atoms with Crippen LogP contribution in [0.25, 0.3) is 0 Å². The number of carbonyl (C=O) groups excluding carboxylic acids is 1. The Balaban J connectivity index is 1.59. The molecular weight excluding hydrogens is 252 g/mol. The van der Waals surface area contributed by atoms with Crippen molar-refractivity contribution in [1.29, 1.82) is 0 Å². The van der Waals surface area contributed by atoms with E-state index in [0.717, 1.165) is 11.8 Å². The number of rotatable bonds is 4. The zero-order valence-corrected chi connectivity index (χ0v) is 11.9. The van der Waals surface area contributed by atoms with Crippen LogP contribution < -0.4 is 15.8 Å². The Bertz CT molecular complexity index is 515. The Morgan fingerprint density at radius 2 is 2.25 bits per heavy atom. The molecule has 3 unspecified atom stereocenters. The second-order valence-electron chi connectivity index (χ2n) is 6.14. The summed E-state index contributed by atoms with van der Waals surface area (Å²) in [6.45, 7) is 0. The molecule has 0 spiro atoms. The second kappa shape index (κ2) is 5.35. The quantitative estimate of drug-likeness (QED) is 0.829. The van der Waals surface area contributed by atoms with Crippen molar-refractivity contribution in [1.82, 2.24) is 0 Å². The molecule has 2 bridgehead atoms. The maximum absolute atomic E-state index is 12.2. The first-order valence-corrected chi connectivity index (χ1v) is 7.39. The van der Waals surface area contributed by atoms with E-state index in [9.17, 15) is 4.79 Å². The number of fused-ring (bicyclic) bond motifs is 2. The lowest BCUT2D eigenvalue weighted by Crippen LogP contribution is -2.20. The molecule has 0 aliphatic heterocycles. The number of methoxy groups -OCH3 is 1. The number of hydrogen-bond acceptors (Lipinski definition) is 3. The van der Waals surface area contributed by atoms with E-state index in [1.807, 2.05) is 6.07 Å². The van der Waals surface area contributed by atoms with Crippen molar-refractivity contribution in [2.24, 2.45) is 17.8 Å². The van der Waals surface area contributed by atoms with E-state index in [1.54, 1.807) is 19.2 Å². The predicted octanol–water partition coefficient (Wildman–Crippen LogP) is 3.04. The highest BCUT2D eigenvalue weighted by molar-refractivity contribution is 5.94. The van der Waals surface area contributed by atoms with Gasteiger partial charge in [-0.1, -0.05) is 6.42 Å². The third kappa shape index (κ3) is 2.60. The van der Waals surface area contributed by atoms with Gasteiger partial charge < -0.3 is 15.8 Å². The van der Waals surface area contributed by atoms with Crippen molar-refractivity contribution in [3.8, 4) is 5.75 Å². The summed E-state index contributed by atoms with van der Waals surface area (Å²) in [6.07, 6.45) is 5.88. The minimum absolute atomic E-state index is 0.0828. The largest absolute Gasteiger partial charge is 0.497 e. The van der Waals surface area contributed by atoms with E-state index in [2.05, 4.69) is 5.32 Å². The minimum Gasteiger partial charge on any atom is -0.497 e.